The molecular weight excluding hydrogens is 492 g/mol. The molecule has 9 heteroatoms. The van der Waals surface area contributed by atoms with Crippen LogP contribution in [0.15, 0.2) is 34.7 Å². The molecule has 0 radical (unpaired) electrons. The number of rotatable bonds is 6. The maximum atomic E-state index is 6.21. The molecule has 136 valence electrons. The summed E-state index contributed by atoms with van der Waals surface area (Å²) in [4.78, 5) is 0. The van der Waals surface area contributed by atoms with Crippen molar-refractivity contribution in [1.29, 1.82) is 0 Å². The van der Waals surface area contributed by atoms with E-state index in [0.717, 1.165) is 9.13 Å². The zero-order chi connectivity index (χ0) is 18.7. The van der Waals surface area contributed by atoms with E-state index < -0.39 is 0 Å². The standard InChI is InChI=1S/C17H14Cl2IN3O3/c1-2-24-14-6-10(16-22-23-17(21)26-16)5-13(20)15(14)25-8-9-3-4-11(18)7-12(9)19/h3-7H,2,8H2,1H3,(H2,21,23). The van der Waals surface area contributed by atoms with Gasteiger partial charge in [0.2, 0.25) is 5.89 Å². The van der Waals surface area contributed by atoms with E-state index in [1.807, 2.05) is 19.1 Å². The van der Waals surface area contributed by atoms with Gasteiger partial charge in [0.05, 0.1) is 10.2 Å². The SMILES string of the molecule is CCOc1cc(-c2nnc(N)o2)cc(I)c1OCc1ccc(Cl)cc1Cl. The maximum Gasteiger partial charge on any atom is 0.313 e. The van der Waals surface area contributed by atoms with Crippen LogP contribution in [-0.4, -0.2) is 16.8 Å². The highest BCUT2D eigenvalue weighted by molar-refractivity contribution is 14.1. The topological polar surface area (TPSA) is 83.4 Å². The second-order valence-electron chi connectivity index (χ2n) is 5.19. The molecule has 0 aliphatic rings. The van der Waals surface area contributed by atoms with E-state index in [1.54, 1.807) is 18.2 Å². The van der Waals surface area contributed by atoms with Gasteiger partial charge in [-0.2, -0.15) is 0 Å². The van der Waals surface area contributed by atoms with Crippen molar-refractivity contribution in [3.63, 3.8) is 0 Å². The van der Waals surface area contributed by atoms with E-state index in [4.69, 9.17) is 42.8 Å². The number of halogens is 3. The number of nitrogens with zero attached hydrogens (tertiary/aromatic N) is 2. The van der Waals surface area contributed by atoms with E-state index >= 15 is 0 Å². The van der Waals surface area contributed by atoms with Crippen molar-refractivity contribution in [3.8, 4) is 23.0 Å². The molecule has 1 aromatic heterocycles. The van der Waals surface area contributed by atoms with Crippen molar-refractivity contribution in [2.24, 2.45) is 0 Å². The summed E-state index contributed by atoms with van der Waals surface area (Å²) >= 11 is 14.3. The van der Waals surface area contributed by atoms with Crippen LogP contribution in [0.1, 0.15) is 12.5 Å². The normalized spacial score (nSPS) is 10.8. The molecule has 26 heavy (non-hydrogen) atoms. The van der Waals surface area contributed by atoms with E-state index in [9.17, 15) is 0 Å². The fraction of sp³-hybridized carbons (Fsp3) is 0.176. The highest BCUT2D eigenvalue weighted by atomic mass is 127. The van der Waals surface area contributed by atoms with Crippen LogP contribution in [-0.2, 0) is 6.61 Å². The Hall–Kier alpha value is -1.71. The number of ether oxygens (including phenoxy) is 2. The van der Waals surface area contributed by atoms with Crippen molar-refractivity contribution in [2.75, 3.05) is 12.3 Å². The van der Waals surface area contributed by atoms with Gasteiger partial charge in [-0.25, -0.2) is 0 Å². The van der Waals surface area contributed by atoms with Crippen LogP contribution >= 0.6 is 45.8 Å². The predicted molar refractivity (Wildman–Crippen MR) is 109 cm³/mol. The first-order chi connectivity index (χ1) is 12.5. The van der Waals surface area contributed by atoms with Crippen LogP contribution in [0, 0.1) is 3.57 Å². The second kappa shape index (κ2) is 8.32. The predicted octanol–water partition coefficient (Wildman–Crippen LogP) is 5.21. The number of anilines is 1. The summed E-state index contributed by atoms with van der Waals surface area (Å²) in [5.41, 5.74) is 7.01. The fourth-order valence-electron chi connectivity index (χ4n) is 2.23. The lowest BCUT2D eigenvalue weighted by atomic mass is 10.2. The molecule has 1 heterocycles. The Kier molecular flexibility index (Phi) is 6.10. The Morgan fingerprint density at radius 3 is 2.62 bits per heavy atom. The minimum atomic E-state index is 0.00525. The third kappa shape index (κ3) is 4.33. The minimum Gasteiger partial charge on any atom is -0.490 e. The summed E-state index contributed by atoms with van der Waals surface area (Å²) in [7, 11) is 0. The van der Waals surface area contributed by atoms with Crippen LogP contribution in [0.2, 0.25) is 10.0 Å². The molecule has 0 amide bonds. The maximum absolute atomic E-state index is 6.21. The lowest BCUT2D eigenvalue weighted by Gasteiger charge is -2.15. The molecule has 0 atom stereocenters. The number of nitrogens with two attached hydrogens (primary N) is 1. The quantitative estimate of drug-likeness (QED) is 0.463. The molecule has 0 aliphatic heterocycles. The van der Waals surface area contributed by atoms with Crippen LogP contribution in [0.3, 0.4) is 0 Å². The highest BCUT2D eigenvalue weighted by Gasteiger charge is 2.17. The van der Waals surface area contributed by atoms with Crippen molar-refractivity contribution in [3.05, 3.63) is 49.5 Å². The Labute approximate surface area is 173 Å². The summed E-state index contributed by atoms with van der Waals surface area (Å²) in [6.07, 6.45) is 0. The average molecular weight is 506 g/mol. The Morgan fingerprint density at radius 1 is 1.15 bits per heavy atom. The van der Waals surface area contributed by atoms with Gasteiger partial charge >= 0.3 is 6.01 Å². The van der Waals surface area contributed by atoms with Gasteiger partial charge in [-0.15, -0.1) is 5.10 Å². The Balaban J connectivity index is 1.90. The Bertz CT molecular complexity index is 934. The van der Waals surface area contributed by atoms with Gasteiger partial charge in [-0.3, -0.25) is 0 Å². The molecule has 2 N–H and O–H groups in total. The van der Waals surface area contributed by atoms with Gasteiger partial charge in [-0.1, -0.05) is 34.4 Å². The zero-order valence-corrected chi connectivity index (χ0v) is 17.3. The van der Waals surface area contributed by atoms with Gasteiger partial charge in [0.15, 0.2) is 11.5 Å². The van der Waals surface area contributed by atoms with Gasteiger partial charge in [-0.05, 0) is 53.8 Å². The van der Waals surface area contributed by atoms with Crippen LogP contribution in [0.4, 0.5) is 6.01 Å². The number of hydrogen-bond acceptors (Lipinski definition) is 6. The second-order valence-corrected chi connectivity index (χ2v) is 7.19. The molecule has 6 nitrogen and oxygen atoms in total. The summed E-state index contributed by atoms with van der Waals surface area (Å²) in [5, 5.41) is 8.70. The molecule has 0 aliphatic carbocycles. The fourth-order valence-corrected chi connectivity index (χ4v) is 3.45. The first-order valence-corrected chi connectivity index (χ1v) is 9.43. The van der Waals surface area contributed by atoms with Crippen molar-refractivity contribution >= 4 is 51.8 Å². The monoisotopic (exact) mass is 505 g/mol. The molecule has 0 bridgehead atoms. The van der Waals surface area contributed by atoms with Crippen LogP contribution in [0.25, 0.3) is 11.5 Å². The summed E-state index contributed by atoms with van der Waals surface area (Å²) in [6.45, 7) is 2.65. The number of aromatic nitrogens is 2. The van der Waals surface area contributed by atoms with Gasteiger partial charge < -0.3 is 19.6 Å². The largest absolute Gasteiger partial charge is 0.490 e. The average Bonchev–Trinajstić information content (AvgIpc) is 3.02. The highest BCUT2D eigenvalue weighted by Crippen LogP contribution is 2.38. The molecule has 0 saturated heterocycles. The van der Waals surface area contributed by atoms with Gasteiger partial charge in [0.1, 0.15) is 6.61 Å². The molecule has 2 aromatic carbocycles. The summed E-state index contributed by atoms with van der Waals surface area (Å²) in [6, 6.07) is 8.91. The van der Waals surface area contributed by atoms with E-state index in [1.165, 1.54) is 0 Å². The van der Waals surface area contributed by atoms with Crippen molar-refractivity contribution in [2.45, 2.75) is 13.5 Å². The van der Waals surface area contributed by atoms with Crippen LogP contribution < -0.4 is 15.2 Å². The molecule has 0 fully saturated rings. The van der Waals surface area contributed by atoms with Gasteiger partial charge in [0.25, 0.3) is 0 Å². The van der Waals surface area contributed by atoms with E-state index in [2.05, 4.69) is 32.8 Å². The lowest BCUT2D eigenvalue weighted by molar-refractivity contribution is 0.267. The smallest absolute Gasteiger partial charge is 0.313 e. The minimum absolute atomic E-state index is 0.00525. The van der Waals surface area contributed by atoms with Crippen molar-refractivity contribution in [1.82, 2.24) is 10.2 Å². The lowest BCUT2D eigenvalue weighted by Crippen LogP contribution is -2.02. The number of benzene rings is 2. The Morgan fingerprint density at radius 2 is 1.96 bits per heavy atom. The summed E-state index contributed by atoms with van der Waals surface area (Å²) in [5.74, 6) is 1.49. The molecular formula is C17H14Cl2IN3O3. The third-order valence-corrected chi connectivity index (χ3v) is 4.77. The van der Waals surface area contributed by atoms with E-state index in [0.29, 0.717) is 39.6 Å². The third-order valence-electron chi connectivity index (χ3n) is 3.38. The number of hydrogen-bond donors (Lipinski definition) is 1. The molecule has 3 aromatic rings. The first kappa shape index (κ1) is 19.1. The van der Waals surface area contributed by atoms with E-state index in [-0.39, 0.29) is 12.6 Å². The molecule has 0 spiro atoms. The first-order valence-electron chi connectivity index (χ1n) is 7.60. The van der Waals surface area contributed by atoms with Crippen molar-refractivity contribution < 1.29 is 13.9 Å². The molecule has 0 unspecified atom stereocenters. The number of nitrogen functional groups attached to an aromatic ring is 1. The summed E-state index contributed by atoms with van der Waals surface area (Å²) < 4.78 is 17.8. The van der Waals surface area contributed by atoms with Gasteiger partial charge in [0, 0.05) is 21.2 Å². The molecule has 0 saturated carbocycles. The zero-order valence-electron chi connectivity index (χ0n) is 13.6. The molecule has 3 rings (SSSR count). The van der Waals surface area contributed by atoms with Crippen LogP contribution in [0.5, 0.6) is 11.5 Å².